The van der Waals surface area contributed by atoms with E-state index in [-0.39, 0.29) is 17.8 Å². The number of halogens is 1. The zero-order valence-corrected chi connectivity index (χ0v) is 19.4. The summed E-state index contributed by atoms with van der Waals surface area (Å²) < 4.78 is 1.44. The Morgan fingerprint density at radius 3 is 2.44 bits per heavy atom. The van der Waals surface area contributed by atoms with Crippen molar-refractivity contribution in [2.75, 3.05) is 0 Å². The van der Waals surface area contributed by atoms with Gasteiger partial charge in [0, 0.05) is 16.3 Å². The summed E-state index contributed by atoms with van der Waals surface area (Å²) in [4.78, 5) is 41.1. The predicted octanol–water partition coefficient (Wildman–Crippen LogP) is 4.56. The van der Waals surface area contributed by atoms with Crippen LogP contribution in [0.3, 0.4) is 0 Å². The van der Waals surface area contributed by atoms with Crippen molar-refractivity contribution in [3.05, 3.63) is 115 Å². The van der Waals surface area contributed by atoms with E-state index in [1.807, 2.05) is 47.8 Å². The molecule has 34 heavy (non-hydrogen) atoms. The van der Waals surface area contributed by atoms with Gasteiger partial charge in [-0.15, -0.1) is 11.3 Å². The molecule has 0 bridgehead atoms. The van der Waals surface area contributed by atoms with Crippen molar-refractivity contribution >= 4 is 41.0 Å². The lowest BCUT2D eigenvalue weighted by molar-refractivity contribution is -0.123. The van der Waals surface area contributed by atoms with Gasteiger partial charge in [-0.1, -0.05) is 54.1 Å². The monoisotopic (exact) mass is 490 g/mol. The second-order valence-electron chi connectivity index (χ2n) is 7.71. The van der Waals surface area contributed by atoms with Gasteiger partial charge >= 0.3 is 6.03 Å². The average Bonchev–Trinajstić information content (AvgIpc) is 3.53. The molecular formula is C25H19ClN4O3S. The molecule has 0 saturated carbocycles. The van der Waals surface area contributed by atoms with E-state index < -0.39 is 11.9 Å². The maximum atomic E-state index is 13.3. The molecule has 0 unspecified atom stereocenters. The summed E-state index contributed by atoms with van der Waals surface area (Å²) in [5.74, 6) is -0.515. The van der Waals surface area contributed by atoms with E-state index in [1.165, 1.54) is 10.8 Å². The SMILES string of the molecule is O=C1N/C(=C\c2c(Cc3cccs3)[nH]n(-c3ccccc3)c2=O)C(=O)N1Cc1ccccc1Cl. The summed E-state index contributed by atoms with van der Waals surface area (Å²) in [5.41, 5.74) is 2.03. The quantitative estimate of drug-likeness (QED) is 0.307. The zero-order valence-electron chi connectivity index (χ0n) is 17.8. The van der Waals surface area contributed by atoms with Crippen LogP contribution in [0.1, 0.15) is 21.7 Å². The van der Waals surface area contributed by atoms with Gasteiger partial charge in [0.15, 0.2) is 0 Å². The summed E-state index contributed by atoms with van der Waals surface area (Å²) >= 11 is 7.78. The molecule has 2 aromatic heterocycles. The molecule has 1 fully saturated rings. The number of benzene rings is 2. The lowest BCUT2D eigenvalue weighted by Gasteiger charge is -2.12. The number of carbonyl (C=O) groups is 2. The molecule has 1 aliphatic heterocycles. The Hall–Kier alpha value is -3.88. The number of nitrogens with zero attached hydrogens (tertiary/aromatic N) is 2. The first-order valence-corrected chi connectivity index (χ1v) is 11.8. The summed E-state index contributed by atoms with van der Waals surface area (Å²) in [7, 11) is 0. The molecule has 170 valence electrons. The number of hydrogen-bond donors (Lipinski definition) is 2. The molecule has 0 aliphatic carbocycles. The third kappa shape index (κ3) is 4.21. The largest absolute Gasteiger partial charge is 0.329 e. The smallest absolute Gasteiger partial charge is 0.303 e. The van der Waals surface area contributed by atoms with Crippen molar-refractivity contribution in [2.24, 2.45) is 0 Å². The van der Waals surface area contributed by atoms with Crippen molar-refractivity contribution < 1.29 is 9.59 Å². The van der Waals surface area contributed by atoms with Crippen LogP contribution in [0, 0.1) is 0 Å². The van der Waals surface area contributed by atoms with Crippen molar-refractivity contribution in [2.45, 2.75) is 13.0 Å². The molecule has 0 spiro atoms. The number of urea groups is 1. The van der Waals surface area contributed by atoms with Crippen LogP contribution in [-0.4, -0.2) is 26.6 Å². The lowest BCUT2D eigenvalue weighted by atomic mass is 10.1. The van der Waals surface area contributed by atoms with Crippen LogP contribution in [0.2, 0.25) is 5.02 Å². The van der Waals surface area contributed by atoms with Crippen molar-refractivity contribution in [3.8, 4) is 5.69 Å². The van der Waals surface area contributed by atoms with Gasteiger partial charge in [-0.05, 0) is 41.3 Å². The van der Waals surface area contributed by atoms with Crippen LogP contribution in [0.5, 0.6) is 0 Å². The van der Waals surface area contributed by atoms with E-state index in [0.717, 1.165) is 9.78 Å². The minimum atomic E-state index is -0.560. The fraction of sp³-hybridized carbons (Fsp3) is 0.0800. The topological polar surface area (TPSA) is 87.2 Å². The highest BCUT2D eigenvalue weighted by atomic mass is 35.5. The molecule has 4 aromatic rings. The summed E-state index contributed by atoms with van der Waals surface area (Å²) in [6.45, 7) is 0.0329. The van der Waals surface area contributed by atoms with Crippen LogP contribution >= 0.6 is 22.9 Å². The van der Waals surface area contributed by atoms with Gasteiger partial charge in [0.05, 0.1) is 23.5 Å². The lowest BCUT2D eigenvalue weighted by Crippen LogP contribution is -2.30. The number of thiophene rings is 1. The van der Waals surface area contributed by atoms with Gasteiger partial charge in [0.1, 0.15) is 5.70 Å². The highest BCUT2D eigenvalue weighted by Gasteiger charge is 2.34. The van der Waals surface area contributed by atoms with Crippen LogP contribution in [0.25, 0.3) is 11.8 Å². The van der Waals surface area contributed by atoms with E-state index in [2.05, 4.69) is 10.4 Å². The Morgan fingerprint density at radius 1 is 0.941 bits per heavy atom. The minimum absolute atomic E-state index is 0.0329. The van der Waals surface area contributed by atoms with Gasteiger partial charge in [-0.2, -0.15) is 0 Å². The molecule has 2 N–H and O–H groups in total. The van der Waals surface area contributed by atoms with Gasteiger partial charge in [0.2, 0.25) is 0 Å². The molecule has 5 rings (SSSR count). The molecule has 9 heteroatoms. The predicted molar refractivity (Wildman–Crippen MR) is 132 cm³/mol. The van der Waals surface area contributed by atoms with E-state index >= 15 is 0 Å². The Labute approximate surface area is 203 Å². The van der Waals surface area contributed by atoms with Crippen LogP contribution in [-0.2, 0) is 17.8 Å². The first kappa shape index (κ1) is 21.9. The maximum Gasteiger partial charge on any atom is 0.329 e. The van der Waals surface area contributed by atoms with Gasteiger partial charge < -0.3 is 5.32 Å². The number of imide groups is 1. The van der Waals surface area contributed by atoms with Crippen molar-refractivity contribution in [3.63, 3.8) is 0 Å². The molecular weight excluding hydrogens is 472 g/mol. The third-order valence-corrected chi connectivity index (χ3v) is 6.73. The fourth-order valence-electron chi connectivity index (χ4n) is 3.78. The summed E-state index contributed by atoms with van der Waals surface area (Å²) in [5, 5.41) is 8.21. The van der Waals surface area contributed by atoms with E-state index in [1.54, 1.807) is 35.6 Å². The van der Waals surface area contributed by atoms with Gasteiger partial charge in [0.25, 0.3) is 11.5 Å². The number of nitrogens with one attached hydrogen (secondary N) is 2. The normalized spacial score (nSPS) is 14.7. The van der Waals surface area contributed by atoms with Gasteiger partial charge in [-0.3, -0.25) is 19.6 Å². The standard InChI is InChI=1S/C25H19ClN4O3S/c26-20-11-5-4-7-16(20)15-29-24(32)22(27-25(29)33)14-19-21(13-18-10-6-12-34-18)28-30(23(19)31)17-8-2-1-3-9-17/h1-12,14,28H,13,15H2,(H,27,33)/b22-14-. The molecule has 3 heterocycles. The fourth-order valence-corrected chi connectivity index (χ4v) is 4.69. The molecule has 1 saturated heterocycles. The van der Waals surface area contributed by atoms with E-state index in [4.69, 9.17) is 11.6 Å². The number of H-pyrrole nitrogens is 1. The number of hydrogen-bond acceptors (Lipinski definition) is 4. The Balaban J connectivity index is 1.52. The molecule has 3 amide bonds. The van der Waals surface area contributed by atoms with E-state index in [9.17, 15) is 14.4 Å². The van der Waals surface area contributed by atoms with Crippen LogP contribution in [0.15, 0.2) is 82.6 Å². The number of para-hydroxylation sites is 1. The highest BCUT2D eigenvalue weighted by molar-refractivity contribution is 7.09. The molecule has 2 aromatic carbocycles. The first-order valence-electron chi connectivity index (χ1n) is 10.5. The Bertz CT molecular complexity index is 1460. The van der Waals surface area contributed by atoms with Crippen molar-refractivity contribution in [1.82, 2.24) is 20.0 Å². The van der Waals surface area contributed by atoms with Gasteiger partial charge in [-0.25, -0.2) is 9.48 Å². The Morgan fingerprint density at radius 2 is 1.71 bits per heavy atom. The maximum absolute atomic E-state index is 13.3. The van der Waals surface area contributed by atoms with Crippen LogP contribution in [0.4, 0.5) is 4.79 Å². The summed E-state index contributed by atoms with van der Waals surface area (Å²) in [6, 6.07) is 19.6. The Kier molecular flexibility index (Phi) is 5.91. The minimum Gasteiger partial charge on any atom is -0.303 e. The number of amides is 3. The molecule has 1 aliphatic rings. The van der Waals surface area contributed by atoms with Crippen LogP contribution < -0.4 is 10.9 Å². The number of carbonyl (C=O) groups excluding carboxylic acids is 2. The van der Waals surface area contributed by atoms with E-state index in [0.29, 0.717) is 34.0 Å². The first-order chi connectivity index (χ1) is 16.5. The number of aromatic amines is 1. The third-order valence-electron chi connectivity index (χ3n) is 5.49. The highest BCUT2D eigenvalue weighted by Crippen LogP contribution is 2.23. The second kappa shape index (κ2) is 9.17. The second-order valence-corrected chi connectivity index (χ2v) is 9.15. The van der Waals surface area contributed by atoms with Crippen molar-refractivity contribution in [1.29, 1.82) is 0 Å². The zero-order chi connectivity index (χ0) is 23.7. The summed E-state index contributed by atoms with van der Waals surface area (Å²) in [6.07, 6.45) is 1.94. The number of rotatable bonds is 6. The molecule has 0 atom stereocenters. The molecule has 7 nitrogen and oxygen atoms in total. The number of aromatic nitrogens is 2. The average molecular weight is 491 g/mol. The molecule has 0 radical (unpaired) electrons.